The number of hydrogen-bond donors (Lipinski definition) is 3. The minimum atomic E-state index is -0.901. The Hall–Kier alpha value is -1.15. The molecule has 1 unspecified atom stereocenters. The first-order valence-corrected chi connectivity index (χ1v) is 8.35. The van der Waals surface area contributed by atoms with Gasteiger partial charge in [0.2, 0.25) is 5.91 Å². The van der Waals surface area contributed by atoms with Crippen molar-refractivity contribution in [2.24, 2.45) is 5.73 Å². The Morgan fingerprint density at radius 2 is 2.09 bits per heavy atom. The summed E-state index contributed by atoms with van der Waals surface area (Å²) in [7, 11) is 3.07. The largest absolute Gasteiger partial charge is 0.497 e. The highest BCUT2D eigenvalue weighted by molar-refractivity contribution is 7.98. The van der Waals surface area contributed by atoms with Crippen molar-refractivity contribution < 1.29 is 19.4 Å². The van der Waals surface area contributed by atoms with E-state index >= 15 is 0 Å². The average Bonchev–Trinajstić information content (AvgIpc) is 2.56. The van der Waals surface area contributed by atoms with Crippen molar-refractivity contribution in [3.8, 4) is 11.5 Å². The van der Waals surface area contributed by atoms with Crippen LogP contribution in [0.25, 0.3) is 0 Å². The van der Waals surface area contributed by atoms with E-state index in [4.69, 9.17) is 15.2 Å². The second-order valence-electron chi connectivity index (χ2n) is 4.76. The number of carbonyl (C=O) groups excluding carboxylic acids is 1. The number of amides is 1. The summed E-state index contributed by atoms with van der Waals surface area (Å²) >= 11 is 1.64. The molecule has 2 atom stereocenters. The molecule has 0 heterocycles. The quantitative estimate of drug-likeness (QED) is 0.612. The summed E-state index contributed by atoms with van der Waals surface area (Å²) in [6.07, 6.45) is 1.66. The Morgan fingerprint density at radius 3 is 2.65 bits per heavy atom. The average molecular weight is 365 g/mol. The van der Waals surface area contributed by atoms with Crippen LogP contribution in [0.4, 0.5) is 0 Å². The van der Waals surface area contributed by atoms with Crippen LogP contribution in [0.1, 0.15) is 18.1 Å². The number of methoxy groups -OCH3 is 2. The first-order chi connectivity index (χ1) is 10.5. The number of carbonyl (C=O) groups is 1. The van der Waals surface area contributed by atoms with Gasteiger partial charge in [-0.05, 0) is 36.6 Å². The SMILES string of the molecule is COc1ccc(OC)c(C(O)CNC(=O)[C@@H](N)CCSC)c1.Cl. The van der Waals surface area contributed by atoms with Crippen LogP contribution < -0.4 is 20.5 Å². The van der Waals surface area contributed by atoms with Crippen LogP contribution >= 0.6 is 24.2 Å². The van der Waals surface area contributed by atoms with Gasteiger partial charge in [0, 0.05) is 12.1 Å². The molecule has 1 aromatic carbocycles. The second-order valence-corrected chi connectivity index (χ2v) is 5.74. The number of aliphatic hydroxyl groups excluding tert-OH is 1. The minimum absolute atomic E-state index is 0. The van der Waals surface area contributed by atoms with Gasteiger partial charge >= 0.3 is 0 Å². The van der Waals surface area contributed by atoms with Gasteiger partial charge in [-0.3, -0.25) is 4.79 Å². The lowest BCUT2D eigenvalue weighted by atomic mass is 10.1. The maximum atomic E-state index is 11.8. The van der Waals surface area contributed by atoms with Gasteiger partial charge in [0.1, 0.15) is 11.5 Å². The number of rotatable bonds is 9. The van der Waals surface area contributed by atoms with E-state index in [0.29, 0.717) is 23.5 Å². The molecule has 1 rings (SSSR count). The fourth-order valence-corrected chi connectivity index (χ4v) is 2.40. The standard InChI is InChI=1S/C15H24N2O4S.ClH/c1-20-10-4-5-14(21-2)11(8-10)13(18)9-17-15(19)12(16)6-7-22-3;/h4-5,8,12-13,18H,6-7,9,16H2,1-3H3,(H,17,19);1H/t12-,13?;/m0./s1. The number of halogens is 1. The molecule has 1 aromatic rings. The third kappa shape index (κ3) is 6.87. The van der Waals surface area contributed by atoms with Gasteiger partial charge < -0.3 is 25.6 Å². The molecule has 0 aliphatic carbocycles. The van der Waals surface area contributed by atoms with Gasteiger partial charge in [-0.1, -0.05) is 0 Å². The van der Waals surface area contributed by atoms with Crippen LogP contribution in [0.5, 0.6) is 11.5 Å². The lowest BCUT2D eigenvalue weighted by molar-refractivity contribution is -0.122. The van der Waals surface area contributed by atoms with E-state index in [1.807, 2.05) is 6.26 Å². The maximum absolute atomic E-state index is 11.8. The number of benzene rings is 1. The van der Waals surface area contributed by atoms with Crippen molar-refractivity contribution in [3.63, 3.8) is 0 Å². The van der Waals surface area contributed by atoms with Crippen molar-refractivity contribution in [2.45, 2.75) is 18.6 Å². The molecule has 6 nitrogen and oxygen atoms in total. The molecule has 4 N–H and O–H groups in total. The van der Waals surface area contributed by atoms with Crippen LogP contribution in [0.3, 0.4) is 0 Å². The number of thioether (sulfide) groups is 1. The summed E-state index contributed by atoms with van der Waals surface area (Å²) in [4.78, 5) is 11.8. The van der Waals surface area contributed by atoms with E-state index in [2.05, 4.69) is 5.32 Å². The smallest absolute Gasteiger partial charge is 0.237 e. The molecular formula is C15H25ClN2O4S. The highest BCUT2D eigenvalue weighted by atomic mass is 35.5. The van der Waals surface area contributed by atoms with Crippen LogP contribution in [-0.4, -0.2) is 49.8 Å². The first-order valence-electron chi connectivity index (χ1n) is 6.95. The van der Waals surface area contributed by atoms with E-state index in [9.17, 15) is 9.90 Å². The molecule has 132 valence electrons. The van der Waals surface area contributed by atoms with Crippen molar-refractivity contribution in [3.05, 3.63) is 23.8 Å². The van der Waals surface area contributed by atoms with Crippen molar-refractivity contribution in [2.75, 3.05) is 32.8 Å². The maximum Gasteiger partial charge on any atom is 0.237 e. The molecule has 1 amide bonds. The molecule has 0 aliphatic heterocycles. The molecule has 0 radical (unpaired) electrons. The Bertz CT molecular complexity index is 491. The molecule has 0 saturated carbocycles. The summed E-state index contributed by atoms with van der Waals surface area (Å²) in [5.41, 5.74) is 6.33. The minimum Gasteiger partial charge on any atom is -0.497 e. The van der Waals surface area contributed by atoms with E-state index in [1.165, 1.54) is 7.11 Å². The molecular weight excluding hydrogens is 340 g/mol. The molecule has 0 aromatic heterocycles. The second kappa shape index (κ2) is 11.4. The summed E-state index contributed by atoms with van der Waals surface area (Å²) in [5.74, 6) is 1.70. The normalized spacial score (nSPS) is 12.7. The van der Waals surface area contributed by atoms with Crippen molar-refractivity contribution in [1.29, 1.82) is 0 Å². The van der Waals surface area contributed by atoms with Gasteiger partial charge in [-0.25, -0.2) is 0 Å². The molecule has 0 fully saturated rings. The fraction of sp³-hybridized carbons (Fsp3) is 0.533. The number of hydrogen-bond acceptors (Lipinski definition) is 6. The van der Waals surface area contributed by atoms with Crippen molar-refractivity contribution in [1.82, 2.24) is 5.32 Å². The van der Waals surface area contributed by atoms with Crippen molar-refractivity contribution >= 4 is 30.1 Å². The Balaban J connectivity index is 0.00000484. The van der Waals surface area contributed by atoms with E-state index in [0.717, 1.165) is 5.75 Å². The van der Waals surface area contributed by atoms with Crippen LogP contribution in [0, 0.1) is 0 Å². The topological polar surface area (TPSA) is 93.8 Å². The number of aliphatic hydroxyl groups is 1. The predicted molar refractivity (Wildman–Crippen MR) is 95.7 cm³/mol. The molecule has 0 saturated heterocycles. The van der Waals surface area contributed by atoms with Gasteiger partial charge in [0.05, 0.1) is 26.4 Å². The lowest BCUT2D eigenvalue weighted by Gasteiger charge is -2.18. The summed E-state index contributed by atoms with van der Waals surface area (Å²) < 4.78 is 10.4. The lowest BCUT2D eigenvalue weighted by Crippen LogP contribution is -2.42. The van der Waals surface area contributed by atoms with E-state index in [-0.39, 0.29) is 24.9 Å². The molecule has 8 heteroatoms. The first kappa shape index (κ1) is 21.9. The monoisotopic (exact) mass is 364 g/mol. The number of nitrogens with one attached hydrogen (secondary N) is 1. The zero-order valence-electron chi connectivity index (χ0n) is 13.6. The molecule has 0 bridgehead atoms. The van der Waals surface area contributed by atoms with Gasteiger partial charge in [0.15, 0.2) is 0 Å². The van der Waals surface area contributed by atoms with Gasteiger partial charge in [-0.15, -0.1) is 12.4 Å². The van der Waals surface area contributed by atoms with Crippen LogP contribution in [-0.2, 0) is 4.79 Å². The third-order valence-corrected chi connectivity index (χ3v) is 3.88. The zero-order valence-corrected chi connectivity index (χ0v) is 15.2. The van der Waals surface area contributed by atoms with Crippen LogP contribution in [0.2, 0.25) is 0 Å². The summed E-state index contributed by atoms with van der Waals surface area (Å²) in [5, 5.41) is 12.9. The zero-order chi connectivity index (χ0) is 16.5. The Labute approximate surface area is 147 Å². The third-order valence-electron chi connectivity index (χ3n) is 3.24. The highest BCUT2D eigenvalue weighted by Gasteiger charge is 2.18. The highest BCUT2D eigenvalue weighted by Crippen LogP contribution is 2.29. The number of nitrogens with two attached hydrogens (primary N) is 1. The van der Waals surface area contributed by atoms with Gasteiger partial charge in [-0.2, -0.15) is 11.8 Å². The van der Waals surface area contributed by atoms with E-state index in [1.54, 1.807) is 37.1 Å². The van der Waals surface area contributed by atoms with Crippen LogP contribution in [0.15, 0.2) is 18.2 Å². The Morgan fingerprint density at radius 1 is 1.39 bits per heavy atom. The van der Waals surface area contributed by atoms with E-state index < -0.39 is 12.1 Å². The predicted octanol–water partition coefficient (Wildman–Crippen LogP) is 1.36. The Kier molecular flexibility index (Phi) is 10.8. The summed E-state index contributed by atoms with van der Waals surface area (Å²) in [6.45, 7) is 0.0648. The molecule has 0 aliphatic rings. The molecule has 0 spiro atoms. The molecule has 23 heavy (non-hydrogen) atoms. The summed E-state index contributed by atoms with van der Waals surface area (Å²) in [6, 6.07) is 4.57. The fourth-order valence-electron chi connectivity index (χ4n) is 1.91. The number of ether oxygens (including phenoxy) is 2. The van der Waals surface area contributed by atoms with Gasteiger partial charge in [0.25, 0.3) is 0 Å².